The quantitative estimate of drug-likeness (QED) is 0.164. The summed E-state index contributed by atoms with van der Waals surface area (Å²) in [5, 5.41) is 19.6. The minimum atomic E-state index is -4.71. The number of halogens is 3. The van der Waals surface area contributed by atoms with Gasteiger partial charge in [0.2, 0.25) is 0 Å². The van der Waals surface area contributed by atoms with Crippen LogP contribution in [0.4, 0.5) is 18.9 Å². The Hall–Kier alpha value is -7.43. The molecule has 0 aliphatic carbocycles. The van der Waals surface area contributed by atoms with Crippen molar-refractivity contribution in [2.75, 3.05) is 0 Å². The number of para-hydroxylation sites is 2. The van der Waals surface area contributed by atoms with E-state index < -0.39 is 11.7 Å². The molecule has 4 heterocycles. The van der Waals surface area contributed by atoms with Gasteiger partial charge >= 0.3 is 6.18 Å². The smallest absolute Gasteiger partial charge is 0.307 e. The van der Waals surface area contributed by atoms with Crippen molar-refractivity contribution < 1.29 is 13.2 Å². The van der Waals surface area contributed by atoms with E-state index in [0.717, 1.165) is 96.1 Å². The van der Waals surface area contributed by atoms with Crippen molar-refractivity contribution in [3.8, 4) is 28.6 Å². The van der Waals surface area contributed by atoms with Crippen LogP contribution in [0, 0.1) is 17.9 Å². The predicted molar refractivity (Wildman–Crippen MR) is 242 cm³/mol. The second-order valence-corrected chi connectivity index (χ2v) is 17.1. The van der Waals surface area contributed by atoms with Crippen LogP contribution in [0.1, 0.15) is 11.1 Å². The van der Waals surface area contributed by atoms with Gasteiger partial charge in [0.15, 0.2) is 5.69 Å². The number of hydrogen-bond donors (Lipinski definition) is 0. The number of fused-ring (bicyclic) bond motifs is 14. The number of benzene rings is 8. The topological polar surface area (TPSA) is 38.0 Å². The third-order valence-corrected chi connectivity index (χ3v) is 14.1. The highest BCUT2D eigenvalue weighted by Gasteiger charge is 2.32. The van der Waals surface area contributed by atoms with Crippen molar-refractivity contribution in [1.29, 1.82) is 5.26 Å². The summed E-state index contributed by atoms with van der Waals surface area (Å²) in [4.78, 5) is 3.52. The second kappa shape index (κ2) is 12.5. The molecule has 12 aromatic rings. The van der Waals surface area contributed by atoms with E-state index in [1.54, 1.807) is 22.7 Å². The average Bonchev–Trinajstić information content (AvgIpc) is 4.03. The van der Waals surface area contributed by atoms with E-state index in [9.17, 15) is 18.4 Å². The van der Waals surface area contributed by atoms with Crippen molar-refractivity contribution in [3.05, 3.63) is 174 Å². The fraction of sp³-hybridized carbons (Fsp3) is 0.0196. The summed E-state index contributed by atoms with van der Waals surface area (Å²) >= 11 is 3.35. The number of nitrogens with zero attached hydrogens (tertiary/aromatic N) is 4. The zero-order valence-corrected chi connectivity index (χ0v) is 32.8. The van der Waals surface area contributed by atoms with Crippen LogP contribution in [0.15, 0.2) is 152 Å². The lowest BCUT2D eigenvalue weighted by atomic mass is 9.96. The molecule has 0 N–H and O–H groups in total. The standard InChI is InChI=1S/C51H25F3N4S2/c1-56-31-23-28(22-30(25-31)51(52,53)54)40-26-43(57-41-14-6-2-10-32(41)36-18-20-38-34-12-4-8-16-45(34)59-49(38)47(36)57)29(27-55)24-44(40)58-42-15-7-3-11-33(42)37-19-21-39-35-13-5-9-17-46(35)60-50(39)48(37)58/h2-26H. The molecule has 0 aliphatic rings. The van der Waals surface area contributed by atoms with Crippen molar-refractivity contribution in [2.24, 2.45) is 0 Å². The second-order valence-electron chi connectivity index (χ2n) is 15.0. The lowest BCUT2D eigenvalue weighted by molar-refractivity contribution is -0.137. The average molecular weight is 815 g/mol. The molecule has 0 aliphatic heterocycles. The van der Waals surface area contributed by atoms with Gasteiger partial charge in [-0.3, -0.25) is 0 Å². The van der Waals surface area contributed by atoms with E-state index in [0.29, 0.717) is 22.5 Å². The summed E-state index contributed by atoms with van der Waals surface area (Å²) in [5.74, 6) is 0. The highest BCUT2D eigenvalue weighted by atomic mass is 32.1. The molecule has 0 radical (unpaired) electrons. The highest BCUT2D eigenvalue weighted by Crippen LogP contribution is 2.48. The van der Waals surface area contributed by atoms with Crippen LogP contribution in [-0.4, -0.2) is 9.13 Å². The van der Waals surface area contributed by atoms with E-state index in [-0.39, 0.29) is 11.3 Å². The normalized spacial score (nSPS) is 12.2. The van der Waals surface area contributed by atoms with Crippen LogP contribution in [0.2, 0.25) is 0 Å². The molecule has 4 aromatic heterocycles. The molecule has 0 unspecified atom stereocenters. The maximum atomic E-state index is 14.7. The number of alkyl halides is 3. The van der Waals surface area contributed by atoms with Crippen LogP contribution in [-0.2, 0) is 6.18 Å². The Labute approximate surface area is 347 Å². The molecule has 0 atom stereocenters. The summed E-state index contributed by atoms with van der Waals surface area (Å²) in [5.41, 5.74) is 4.56. The van der Waals surface area contributed by atoms with E-state index in [2.05, 4.69) is 80.7 Å². The van der Waals surface area contributed by atoms with Gasteiger partial charge in [-0.05, 0) is 60.2 Å². The number of hydrogen-bond acceptors (Lipinski definition) is 3. The Morgan fingerprint density at radius 1 is 0.533 bits per heavy atom. The number of rotatable bonds is 3. The molecule has 4 nitrogen and oxygen atoms in total. The molecule has 0 amide bonds. The van der Waals surface area contributed by atoms with E-state index in [1.807, 2.05) is 72.8 Å². The van der Waals surface area contributed by atoms with Crippen LogP contribution in [0.25, 0.3) is 111 Å². The molecular weight excluding hydrogens is 790 g/mol. The van der Waals surface area contributed by atoms with Gasteiger partial charge in [0.25, 0.3) is 0 Å². The van der Waals surface area contributed by atoms with Gasteiger partial charge in [0, 0.05) is 63.6 Å². The summed E-state index contributed by atoms with van der Waals surface area (Å²) in [6, 6.07) is 50.9. The van der Waals surface area contributed by atoms with Gasteiger partial charge in [0.05, 0.1) is 55.0 Å². The van der Waals surface area contributed by atoms with Crippen molar-refractivity contribution in [1.82, 2.24) is 9.13 Å². The maximum absolute atomic E-state index is 14.7. The predicted octanol–water partition coefficient (Wildman–Crippen LogP) is 15.7. The van der Waals surface area contributed by atoms with Gasteiger partial charge in [-0.15, -0.1) is 22.7 Å². The number of nitriles is 1. The zero-order chi connectivity index (χ0) is 40.4. The third-order valence-electron chi connectivity index (χ3n) is 11.8. The summed E-state index contributed by atoms with van der Waals surface area (Å²) in [6.07, 6.45) is -4.71. The molecule has 0 bridgehead atoms. The summed E-state index contributed by atoms with van der Waals surface area (Å²) in [6.45, 7) is 7.89. The molecule has 0 saturated heterocycles. The van der Waals surface area contributed by atoms with Crippen LogP contribution in [0.3, 0.4) is 0 Å². The van der Waals surface area contributed by atoms with Crippen molar-refractivity contribution >= 4 is 112 Å². The molecule has 8 aromatic carbocycles. The van der Waals surface area contributed by atoms with E-state index >= 15 is 0 Å². The first-order valence-corrected chi connectivity index (χ1v) is 20.8. The van der Waals surface area contributed by atoms with E-state index in [1.165, 1.54) is 6.07 Å². The van der Waals surface area contributed by atoms with Crippen molar-refractivity contribution in [3.63, 3.8) is 0 Å². The fourth-order valence-corrected chi connectivity index (χ4v) is 11.7. The first kappa shape index (κ1) is 34.6. The molecule has 282 valence electrons. The minimum Gasteiger partial charge on any atom is -0.307 e. The van der Waals surface area contributed by atoms with Crippen LogP contribution < -0.4 is 0 Å². The SMILES string of the molecule is [C-]#[N+]c1cc(-c2cc(-n3c4ccccc4c4ccc5c6ccccc6sc5c43)c(C#N)cc2-n2c3ccccc3c3ccc4c5ccccc5sc4c32)cc(C(F)(F)F)c1. The molecule has 0 saturated carbocycles. The third kappa shape index (κ3) is 4.82. The number of aromatic nitrogens is 2. The molecule has 0 fully saturated rings. The van der Waals surface area contributed by atoms with Crippen LogP contribution >= 0.6 is 22.7 Å². The number of thiophene rings is 2. The minimum absolute atomic E-state index is 0.130. The van der Waals surface area contributed by atoms with Crippen molar-refractivity contribution in [2.45, 2.75) is 6.18 Å². The summed E-state index contributed by atoms with van der Waals surface area (Å²) < 4.78 is 52.7. The Balaban J connectivity index is 1.28. The van der Waals surface area contributed by atoms with E-state index in [4.69, 9.17) is 6.57 Å². The largest absolute Gasteiger partial charge is 0.415 e. The zero-order valence-electron chi connectivity index (χ0n) is 31.2. The Kier molecular flexibility index (Phi) is 7.23. The molecule has 12 rings (SSSR count). The Bertz CT molecular complexity index is 3920. The highest BCUT2D eigenvalue weighted by molar-refractivity contribution is 7.27. The van der Waals surface area contributed by atoms with Gasteiger partial charge < -0.3 is 9.13 Å². The molecule has 0 spiro atoms. The van der Waals surface area contributed by atoms with Gasteiger partial charge in [-0.1, -0.05) is 97.1 Å². The fourth-order valence-electron chi connectivity index (χ4n) is 9.22. The van der Waals surface area contributed by atoms with Crippen LogP contribution in [0.5, 0.6) is 0 Å². The van der Waals surface area contributed by atoms with Gasteiger partial charge in [0.1, 0.15) is 6.07 Å². The Morgan fingerprint density at radius 3 is 1.57 bits per heavy atom. The first-order chi connectivity index (χ1) is 29.3. The maximum Gasteiger partial charge on any atom is 0.415 e. The van der Waals surface area contributed by atoms with Gasteiger partial charge in [-0.25, -0.2) is 4.85 Å². The lowest BCUT2D eigenvalue weighted by Crippen LogP contribution is -2.06. The lowest BCUT2D eigenvalue weighted by Gasteiger charge is -2.20. The monoisotopic (exact) mass is 814 g/mol. The summed E-state index contributed by atoms with van der Waals surface area (Å²) in [7, 11) is 0. The molecule has 9 heteroatoms. The molecular formula is C51H25F3N4S2. The molecule has 60 heavy (non-hydrogen) atoms. The van der Waals surface area contributed by atoms with Gasteiger partial charge in [-0.2, -0.15) is 18.4 Å². The first-order valence-electron chi connectivity index (χ1n) is 19.2. The Morgan fingerprint density at radius 2 is 1.03 bits per heavy atom.